The lowest BCUT2D eigenvalue weighted by molar-refractivity contribution is 0.0985. The molecule has 8 heteroatoms. The number of hydrogen-bond donors (Lipinski definition) is 0. The van der Waals surface area contributed by atoms with Crippen LogP contribution in [-0.4, -0.2) is 48.0 Å². The Morgan fingerprint density at radius 3 is 2.62 bits per heavy atom. The van der Waals surface area contributed by atoms with Gasteiger partial charge in [0.15, 0.2) is 5.13 Å². The van der Waals surface area contributed by atoms with E-state index in [1.807, 2.05) is 37.2 Å². The van der Waals surface area contributed by atoms with E-state index in [0.29, 0.717) is 12.1 Å². The second kappa shape index (κ2) is 8.75. The number of rotatable bonds is 5. The number of thiazole rings is 2. The summed E-state index contributed by atoms with van der Waals surface area (Å²) in [6, 6.07) is 9.91. The van der Waals surface area contributed by atoms with Gasteiger partial charge in [0.25, 0.3) is 5.91 Å². The molecule has 0 fully saturated rings. The predicted molar refractivity (Wildman–Crippen MR) is 126 cm³/mol. The van der Waals surface area contributed by atoms with E-state index in [0.717, 1.165) is 32.1 Å². The van der Waals surface area contributed by atoms with Gasteiger partial charge in [-0.15, -0.1) is 23.7 Å². The molecule has 0 unspecified atom stereocenters. The molecule has 2 aromatic heterocycles. The summed E-state index contributed by atoms with van der Waals surface area (Å²) in [5.41, 5.74) is 6.77. The lowest BCUT2D eigenvalue weighted by Crippen LogP contribution is -2.36. The number of carbonyl (C=O) groups is 1. The van der Waals surface area contributed by atoms with Gasteiger partial charge < -0.3 is 4.90 Å². The van der Waals surface area contributed by atoms with E-state index in [4.69, 9.17) is 4.98 Å². The van der Waals surface area contributed by atoms with Crippen LogP contribution in [0, 0.1) is 13.8 Å². The van der Waals surface area contributed by atoms with Gasteiger partial charge in [0.1, 0.15) is 0 Å². The number of halogens is 1. The van der Waals surface area contributed by atoms with Crippen LogP contribution in [0.25, 0.3) is 20.4 Å². The van der Waals surface area contributed by atoms with E-state index in [-0.39, 0.29) is 18.3 Å². The van der Waals surface area contributed by atoms with Crippen molar-refractivity contribution in [3.8, 4) is 0 Å². The molecular formula is C21H23ClN4OS2. The zero-order chi connectivity index (χ0) is 19.8. The number of aryl methyl sites for hydroxylation is 2. The van der Waals surface area contributed by atoms with E-state index in [9.17, 15) is 4.79 Å². The highest BCUT2D eigenvalue weighted by molar-refractivity contribution is 7.22. The maximum atomic E-state index is 13.4. The molecule has 29 heavy (non-hydrogen) atoms. The van der Waals surface area contributed by atoms with Gasteiger partial charge >= 0.3 is 0 Å². The highest BCUT2D eigenvalue weighted by Gasteiger charge is 2.22. The largest absolute Gasteiger partial charge is 0.308 e. The zero-order valence-corrected chi connectivity index (χ0v) is 19.2. The minimum absolute atomic E-state index is 0. The second-order valence-electron chi connectivity index (χ2n) is 7.15. The quantitative estimate of drug-likeness (QED) is 0.425. The van der Waals surface area contributed by atoms with E-state index < -0.39 is 0 Å². The first-order chi connectivity index (χ1) is 13.4. The van der Waals surface area contributed by atoms with Gasteiger partial charge in [-0.05, 0) is 63.3 Å². The van der Waals surface area contributed by atoms with Gasteiger partial charge in [-0.3, -0.25) is 9.69 Å². The van der Waals surface area contributed by atoms with Crippen LogP contribution in [-0.2, 0) is 0 Å². The summed E-state index contributed by atoms with van der Waals surface area (Å²) < 4.78 is 2.13. The molecule has 0 atom stereocenters. The van der Waals surface area contributed by atoms with E-state index in [2.05, 4.69) is 35.9 Å². The normalized spacial score (nSPS) is 11.2. The molecule has 5 nitrogen and oxygen atoms in total. The number of benzene rings is 2. The Labute approximate surface area is 184 Å². The van der Waals surface area contributed by atoms with Crippen molar-refractivity contribution in [1.82, 2.24) is 14.9 Å². The lowest BCUT2D eigenvalue weighted by Gasteiger charge is -2.22. The molecule has 0 aliphatic rings. The summed E-state index contributed by atoms with van der Waals surface area (Å²) >= 11 is 3.12. The Kier molecular flexibility index (Phi) is 6.53. The molecule has 1 amide bonds. The molecule has 0 saturated carbocycles. The number of nitrogens with zero attached hydrogens (tertiary/aromatic N) is 4. The van der Waals surface area contributed by atoms with Crippen molar-refractivity contribution in [1.29, 1.82) is 0 Å². The molecule has 152 valence electrons. The molecule has 0 bridgehead atoms. The van der Waals surface area contributed by atoms with Gasteiger partial charge in [-0.2, -0.15) is 0 Å². The van der Waals surface area contributed by atoms with Crippen LogP contribution < -0.4 is 4.90 Å². The molecule has 4 aromatic rings. The maximum Gasteiger partial charge on any atom is 0.260 e. The number of aromatic nitrogens is 2. The summed E-state index contributed by atoms with van der Waals surface area (Å²) in [6.45, 7) is 5.53. The number of anilines is 1. The van der Waals surface area contributed by atoms with Gasteiger partial charge in [0, 0.05) is 18.7 Å². The molecule has 0 saturated heterocycles. The van der Waals surface area contributed by atoms with Crippen molar-refractivity contribution in [3.63, 3.8) is 0 Å². The molecule has 0 N–H and O–H groups in total. The molecular weight excluding hydrogens is 424 g/mol. The zero-order valence-electron chi connectivity index (χ0n) is 16.8. The Hall–Kier alpha value is -2.06. The van der Waals surface area contributed by atoms with E-state index >= 15 is 0 Å². The van der Waals surface area contributed by atoms with Crippen LogP contribution in [0.1, 0.15) is 21.5 Å². The van der Waals surface area contributed by atoms with Gasteiger partial charge in [-0.25, -0.2) is 9.97 Å². The van der Waals surface area contributed by atoms with Gasteiger partial charge in [-0.1, -0.05) is 17.4 Å². The topological polar surface area (TPSA) is 49.3 Å². The fourth-order valence-corrected chi connectivity index (χ4v) is 4.82. The number of likely N-dealkylation sites (N-methyl/N-ethyl adjacent to an activating group) is 1. The van der Waals surface area contributed by atoms with Crippen molar-refractivity contribution in [2.24, 2.45) is 0 Å². The fraction of sp³-hybridized carbons (Fsp3) is 0.286. The summed E-state index contributed by atoms with van der Waals surface area (Å²) in [4.78, 5) is 26.4. The number of carbonyl (C=O) groups excluding carboxylic acids is 1. The summed E-state index contributed by atoms with van der Waals surface area (Å²) in [7, 11) is 4.02. The molecule has 2 heterocycles. The minimum atomic E-state index is -0.0226. The monoisotopic (exact) mass is 446 g/mol. The highest BCUT2D eigenvalue weighted by atomic mass is 35.5. The summed E-state index contributed by atoms with van der Waals surface area (Å²) in [6.07, 6.45) is 0. The van der Waals surface area contributed by atoms with Gasteiger partial charge in [0.2, 0.25) is 0 Å². The third-order valence-electron chi connectivity index (χ3n) is 4.90. The third-order valence-corrected chi connectivity index (χ3v) is 6.73. The van der Waals surface area contributed by atoms with Crippen molar-refractivity contribution >= 4 is 66.6 Å². The minimum Gasteiger partial charge on any atom is -0.308 e. The SMILES string of the molecule is Cc1ccc2sc(N(CCN(C)C)C(=O)c3ccc4ncsc4c3)nc2c1C.Cl. The van der Waals surface area contributed by atoms with Crippen LogP contribution in [0.3, 0.4) is 0 Å². The standard InChI is InChI=1S/C21H22N4OS2.ClH/c1-13-5-8-17-19(14(13)2)23-21(28-17)25(10-9-24(3)4)20(26)15-6-7-16-18(11-15)27-12-22-16;/h5-8,11-12H,9-10H2,1-4H3;1H. The van der Waals surface area contributed by atoms with Crippen LogP contribution in [0.2, 0.25) is 0 Å². The summed E-state index contributed by atoms with van der Waals surface area (Å²) in [5.74, 6) is -0.0226. The number of amides is 1. The molecule has 4 rings (SSSR count). The molecule has 0 aliphatic heterocycles. The molecule has 0 radical (unpaired) electrons. The van der Waals surface area contributed by atoms with E-state index in [1.54, 1.807) is 28.2 Å². The average Bonchev–Trinajstić information content (AvgIpc) is 3.31. The van der Waals surface area contributed by atoms with Crippen molar-refractivity contribution in [2.45, 2.75) is 13.8 Å². The Balaban J connectivity index is 0.00000240. The fourth-order valence-electron chi connectivity index (χ4n) is 3.06. The third kappa shape index (κ3) is 4.28. The van der Waals surface area contributed by atoms with Crippen LogP contribution in [0.5, 0.6) is 0 Å². The summed E-state index contributed by atoms with van der Waals surface area (Å²) in [5, 5.41) is 0.750. The first-order valence-electron chi connectivity index (χ1n) is 9.10. The smallest absolute Gasteiger partial charge is 0.260 e. The molecule has 0 aliphatic carbocycles. The Morgan fingerprint density at radius 2 is 1.86 bits per heavy atom. The van der Waals surface area contributed by atoms with Gasteiger partial charge in [0.05, 0.1) is 25.9 Å². The maximum absolute atomic E-state index is 13.4. The first-order valence-corrected chi connectivity index (χ1v) is 10.8. The number of hydrogen-bond acceptors (Lipinski definition) is 6. The van der Waals surface area contributed by atoms with Crippen LogP contribution in [0.4, 0.5) is 5.13 Å². The van der Waals surface area contributed by atoms with Crippen LogP contribution >= 0.6 is 35.1 Å². The van der Waals surface area contributed by atoms with Crippen molar-refractivity contribution in [2.75, 3.05) is 32.1 Å². The lowest BCUT2D eigenvalue weighted by atomic mass is 10.1. The predicted octanol–water partition coefficient (Wildman–Crippen LogP) is 5.15. The molecule has 2 aromatic carbocycles. The van der Waals surface area contributed by atoms with Crippen LogP contribution in [0.15, 0.2) is 35.8 Å². The van der Waals surface area contributed by atoms with Crippen molar-refractivity contribution in [3.05, 3.63) is 52.5 Å². The van der Waals surface area contributed by atoms with Crippen molar-refractivity contribution < 1.29 is 4.79 Å². The highest BCUT2D eigenvalue weighted by Crippen LogP contribution is 2.33. The Morgan fingerprint density at radius 1 is 1.07 bits per heavy atom. The first kappa shape index (κ1) is 21.6. The Bertz CT molecular complexity index is 1170. The average molecular weight is 447 g/mol. The molecule has 0 spiro atoms. The number of fused-ring (bicyclic) bond motifs is 2. The van der Waals surface area contributed by atoms with E-state index in [1.165, 1.54) is 11.1 Å². The second-order valence-corrected chi connectivity index (χ2v) is 9.04.